The lowest BCUT2D eigenvalue weighted by atomic mass is 10.1. The fraction of sp³-hybridized carbons (Fsp3) is 0.562. The van der Waals surface area contributed by atoms with Crippen molar-refractivity contribution in [2.45, 2.75) is 31.8 Å². The minimum atomic E-state index is -0.0710. The van der Waals surface area contributed by atoms with E-state index in [1.54, 1.807) is 18.2 Å². The fourth-order valence-electron chi connectivity index (χ4n) is 2.41. The summed E-state index contributed by atoms with van der Waals surface area (Å²) in [7, 11) is 0. The Morgan fingerprint density at radius 3 is 2.86 bits per heavy atom. The Balaban J connectivity index is 1.56. The number of ether oxygens (including phenoxy) is 1. The number of aromatic hydroxyl groups is 1. The number of benzene rings is 1. The van der Waals surface area contributed by atoms with Gasteiger partial charge in [-0.15, -0.1) is 0 Å². The van der Waals surface area contributed by atoms with Crippen LogP contribution >= 0.6 is 0 Å². The van der Waals surface area contributed by atoms with Gasteiger partial charge >= 0.3 is 0 Å². The van der Waals surface area contributed by atoms with E-state index in [4.69, 9.17) is 4.74 Å². The molecule has 0 bridgehead atoms. The summed E-state index contributed by atoms with van der Waals surface area (Å²) >= 11 is 0. The summed E-state index contributed by atoms with van der Waals surface area (Å²) in [6.07, 6.45) is 3.53. The van der Waals surface area contributed by atoms with Crippen LogP contribution in [0.3, 0.4) is 0 Å². The van der Waals surface area contributed by atoms with Crippen molar-refractivity contribution < 1.29 is 14.6 Å². The zero-order valence-electron chi connectivity index (χ0n) is 12.3. The van der Waals surface area contributed by atoms with Gasteiger partial charge in [-0.2, -0.15) is 0 Å². The second-order valence-corrected chi connectivity index (χ2v) is 5.33. The first-order chi connectivity index (χ1) is 10.3. The van der Waals surface area contributed by atoms with Gasteiger partial charge in [0.15, 0.2) is 0 Å². The summed E-state index contributed by atoms with van der Waals surface area (Å²) < 4.78 is 5.77. The zero-order chi connectivity index (χ0) is 14.9. The van der Waals surface area contributed by atoms with Crippen LogP contribution < -0.4 is 10.6 Å². The van der Waals surface area contributed by atoms with E-state index in [9.17, 15) is 9.90 Å². The van der Waals surface area contributed by atoms with Crippen LogP contribution in [0.4, 0.5) is 0 Å². The third-order valence-electron chi connectivity index (χ3n) is 3.63. The summed E-state index contributed by atoms with van der Waals surface area (Å²) in [5.74, 6) is 0.0975. The average molecular weight is 292 g/mol. The van der Waals surface area contributed by atoms with Gasteiger partial charge in [-0.05, 0) is 38.4 Å². The van der Waals surface area contributed by atoms with Crippen molar-refractivity contribution in [3.63, 3.8) is 0 Å². The highest BCUT2D eigenvalue weighted by molar-refractivity contribution is 5.79. The maximum absolute atomic E-state index is 11.8. The molecular weight excluding hydrogens is 268 g/mol. The lowest BCUT2D eigenvalue weighted by Crippen LogP contribution is -2.33. The Morgan fingerprint density at radius 2 is 2.10 bits per heavy atom. The number of rotatable bonds is 7. The van der Waals surface area contributed by atoms with Gasteiger partial charge < -0.3 is 20.5 Å². The number of para-hydroxylation sites is 1. The molecule has 0 radical (unpaired) electrons. The SMILES string of the molecule is O=C(Cc1ccccc1O)NCCCOC1CCNCC1. The summed E-state index contributed by atoms with van der Waals surface area (Å²) in [6.45, 7) is 3.35. The topological polar surface area (TPSA) is 70.6 Å². The predicted octanol–water partition coefficient (Wildman–Crippen LogP) is 1.21. The van der Waals surface area contributed by atoms with E-state index in [0.717, 1.165) is 32.4 Å². The van der Waals surface area contributed by atoms with Gasteiger partial charge in [0.25, 0.3) is 0 Å². The van der Waals surface area contributed by atoms with E-state index >= 15 is 0 Å². The zero-order valence-corrected chi connectivity index (χ0v) is 12.3. The fourth-order valence-corrected chi connectivity index (χ4v) is 2.41. The first-order valence-electron chi connectivity index (χ1n) is 7.61. The standard InChI is InChI=1S/C16H24N2O3/c19-15-5-2-1-4-13(15)12-16(20)18-8-3-11-21-14-6-9-17-10-7-14/h1-2,4-5,14,17,19H,3,6-12H2,(H,18,20). The maximum Gasteiger partial charge on any atom is 0.224 e. The van der Waals surface area contributed by atoms with Crippen LogP contribution in [0, 0.1) is 0 Å². The smallest absolute Gasteiger partial charge is 0.224 e. The van der Waals surface area contributed by atoms with E-state index in [2.05, 4.69) is 10.6 Å². The van der Waals surface area contributed by atoms with Crippen molar-refractivity contribution in [1.82, 2.24) is 10.6 Å². The second-order valence-electron chi connectivity index (χ2n) is 5.33. The van der Waals surface area contributed by atoms with Crippen LogP contribution in [-0.4, -0.2) is 43.4 Å². The van der Waals surface area contributed by atoms with Crippen LogP contribution in [0.25, 0.3) is 0 Å². The molecule has 5 nitrogen and oxygen atoms in total. The molecule has 0 saturated carbocycles. The highest BCUT2D eigenvalue weighted by atomic mass is 16.5. The quantitative estimate of drug-likeness (QED) is 0.661. The Morgan fingerprint density at radius 1 is 1.33 bits per heavy atom. The molecule has 1 aromatic carbocycles. The van der Waals surface area contributed by atoms with Crippen LogP contribution in [0.1, 0.15) is 24.8 Å². The van der Waals surface area contributed by atoms with Gasteiger partial charge in [-0.25, -0.2) is 0 Å². The molecule has 1 aliphatic heterocycles. The molecule has 0 unspecified atom stereocenters. The summed E-state index contributed by atoms with van der Waals surface area (Å²) in [6, 6.07) is 6.91. The Bertz CT molecular complexity index is 445. The number of amides is 1. The second kappa shape index (κ2) is 8.64. The number of phenols is 1. The number of hydrogen-bond acceptors (Lipinski definition) is 4. The first-order valence-corrected chi connectivity index (χ1v) is 7.61. The van der Waals surface area contributed by atoms with E-state index in [1.165, 1.54) is 0 Å². The van der Waals surface area contributed by atoms with Crippen LogP contribution in [-0.2, 0) is 16.0 Å². The van der Waals surface area contributed by atoms with Crippen molar-refractivity contribution in [2.24, 2.45) is 0 Å². The van der Waals surface area contributed by atoms with Crippen molar-refractivity contribution in [3.05, 3.63) is 29.8 Å². The minimum Gasteiger partial charge on any atom is -0.508 e. The summed E-state index contributed by atoms with van der Waals surface area (Å²) in [4.78, 5) is 11.8. The molecular formula is C16H24N2O3. The number of nitrogens with one attached hydrogen (secondary N) is 2. The molecule has 0 atom stereocenters. The van der Waals surface area contributed by atoms with Crippen molar-refractivity contribution in [1.29, 1.82) is 0 Å². The molecule has 5 heteroatoms. The van der Waals surface area contributed by atoms with Gasteiger partial charge in [0.05, 0.1) is 12.5 Å². The van der Waals surface area contributed by atoms with E-state index in [1.807, 2.05) is 6.07 Å². The molecule has 0 spiro atoms. The minimum absolute atomic E-state index is 0.0710. The molecule has 21 heavy (non-hydrogen) atoms. The molecule has 2 rings (SSSR count). The lowest BCUT2D eigenvalue weighted by molar-refractivity contribution is -0.120. The number of hydrogen-bond donors (Lipinski definition) is 3. The first kappa shape index (κ1) is 15.8. The summed E-state index contributed by atoms with van der Waals surface area (Å²) in [5.41, 5.74) is 0.654. The molecule has 0 aromatic heterocycles. The number of piperidine rings is 1. The normalized spacial score (nSPS) is 15.8. The van der Waals surface area contributed by atoms with Crippen molar-refractivity contribution in [2.75, 3.05) is 26.2 Å². The summed E-state index contributed by atoms with van der Waals surface area (Å²) in [5, 5.41) is 15.8. The highest BCUT2D eigenvalue weighted by Gasteiger charge is 2.12. The Labute approximate surface area is 125 Å². The lowest BCUT2D eigenvalue weighted by Gasteiger charge is -2.22. The van der Waals surface area contributed by atoms with Crippen molar-refractivity contribution in [3.8, 4) is 5.75 Å². The Kier molecular flexibility index (Phi) is 6.50. The predicted molar refractivity (Wildman–Crippen MR) is 81.3 cm³/mol. The molecule has 1 heterocycles. The van der Waals surface area contributed by atoms with Gasteiger partial charge in [0.1, 0.15) is 5.75 Å². The van der Waals surface area contributed by atoms with Crippen LogP contribution in [0.2, 0.25) is 0 Å². The number of carbonyl (C=O) groups excluding carboxylic acids is 1. The van der Waals surface area contributed by atoms with Gasteiger partial charge in [0, 0.05) is 18.7 Å². The van der Waals surface area contributed by atoms with Crippen LogP contribution in [0.5, 0.6) is 5.75 Å². The largest absolute Gasteiger partial charge is 0.508 e. The molecule has 0 aliphatic carbocycles. The molecule has 1 fully saturated rings. The van der Waals surface area contributed by atoms with Gasteiger partial charge in [0.2, 0.25) is 5.91 Å². The molecule has 3 N–H and O–H groups in total. The molecule has 1 aliphatic rings. The third kappa shape index (κ3) is 5.73. The molecule has 1 saturated heterocycles. The maximum atomic E-state index is 11.8. The number of phenolic OH excluding ortho intramolecular Hbond substituents is 1. The average Bonchev–Trinajstić information content (AvgIpc) is 2.50. The monoisotopic (exact) mass is 292 g/mol. The van der Waals surface area contributed by atoms with E-state index in [0.29, 0.717) is 24.8 Å². The van der Waals surface area contributed by atoms with Crippen LogP contribution in [0.15, 0.2) is 24.3 Å². The van der Waals surface area contributed by atoms with E-state index in [-0.39, 0.29) is 18.1 Å². The molecule has 1 aromatic rings. The third-order valence-corrected chi connectivity index (χ3v) is 3.63. The van der Waals surface area contributed by atoms with Gasteiger partial charge in [-0.1, -0.05) is 18.2 Å². The molecule has 1 amide bonds. The Hall–Kier alpha value is -1.59. The van der Waals surface area contributed by atoms with Crippen molar-refractivity contribution >= 4 is 5.91 Å². The molecule has 116 valence electrons. The van der Waals surface area contributed by atoms with Gasteiger partial charge in [-0.3, -0.25) is 4.79 Å². The number of carbonyl (C=O) groups is 1. The van der Waals surface area contributed by atoms with E-state index < -0.39 is 0 Å². The highest BCUT2D eigenvalue weighted by Crippen LogP contribution is 2.15.